The summed E-state index contributed by atoms with van der Waals surface area (Å²) in [5, 5.41) is 15.8. The molecule has 0 aliphatic heterocycles. The summed E-state index contributed by atoms with van der Waals surface area (Å²) in [6.07, 6.45) is -0.557. The predicted molar refractivity (Wildman–Crippen MR) is 148 cm³/mol. The number of nitrogens with one attached hydrogen (secondary N) is 1. The van der Waals surface area contributed by atoms with Gasteiger partial charge in [0.2, 0.25) is 0 Å². The zero-order chi connectivity index (χ0) is 24.4. The van der Waals surface area contributed by atoms with Gasteiger partial charge in [-0.3, -0.25) is 0 Å². The van der Waals surface area contributed by atoms with E-state index in [-0.39, 0.29) is 0 Å². The van der Waals surface area contributed by atoms with Crippen LogP contribution in [-0.4, -0.2) is 22.3 Å². The molecule has 1 aromatic heterocycles. The van der Waals surface area contributed by atoms with Crippen LogP contribution >= 0.6 is 0 Å². The van der Waals surface area contributed by atoms with Crippen LogP contribution in [0.4, 0.5) is 5.69 Å². The molecule has 0 radical (unpaired) electrons. The Hall–Kier alpha value is -3.82. The number of aliphatic hydroxyl groups excluding tert-OH is 1. The Kier molecular flexibility index (Phi) is 6.43. The molecule has 0 amide bonds. The van der Waals surface area contributed by atoms with Gasteiger partial charge in [-0.2, -0.15) is 0 Å². The lowest BCUT2D eigenvalue weighted by molar-refractivity contribution is 0.169. The van der Waals surface area contributed by atoms with Crippen LogP contribution in [0.2, 0.25) is 0 Å². The van der Waals surface area contributed by atoms with Gasteiger partial charge in [0.1, 0.15) is 0 Å². The van der Waals surface area contributed by atoms with Crippen molar-refractivity contribution in [1.82, 2.24) is 4.57 Å². The number of rotatable bonds is 7. The van der Waals surface area contributed by atoms with Gasteiger partial charge < -0.3 is 15.0 Å². The van der Waals surface area contributed by atoms with Crippen LogP contribution in [0.3, 0.4) is 0 Å². The lowest BCUT2D eigenvalue weighted by Crippen LogP contribution is -2.25. The van der Waals surface area contributed by atoms with E-state index < -0.39 is 6.10 Å². The fourth-order valence-electron chi connectivity index (χ4n) is 5.04. The molecule has 5 aromatic rings. The molecule has 0 fully saturated rings. The van der Waals surface area contributed by atoms with Crippen LogP contribution in [0.5, 0.6) is 0 Å². The molecule has 176 valence electrons. The maximum atomic E-state index is 11.2. The van der Waals surface area contributed by atoms with Crippen LogP contribution in [-0.2, 0) is 6.54 Å². The topological polar surface area (TPSA) is 37.2 Å². The largest absolute Gasteiger partial charge is 0.389 e. The summed E-state index contributed by atoms with van der Waals surface area (Å²) in [5.74, 6) is 0. The van der Waals surface area contributed by atoms with E-state index >= 15 is 0 Å². The standard InChI is InChI=1S/C32H32N2O/c1-22-14-16-27(17-15-22)33-20-28(35)21-34-31-24(3)18-23(2)19-29(31)30(25-10-6-4-7-11-25)32(34)26-12-8-5-9-13-26/h4-19,28,33,35H,20-21H2,1-3H3/t28-/m1/s1. The van der Waals surface area contributed by atoms with Crippen molar-refractivity contribution in [2.75, 3.05) is 11.9 Å². The maximum absolute atomic E-state index is 11.2. The average molecular weight is 461 g/mol. The van der Waals surface area contributed by atoms with Crippen molar-refractivity contribution in [2.24, 2.45) is 0 Å². The third kappa shape index (κ3) is 4.73. The average Bonchev–Trinajstić information content (AvgIpc) is 3.18. The highest BCUT2D eigenvalue weighted by atomic mass is 16.3. The lowest BCUT2D eigenvalue weighted by Gasteiger charge is -2.19. The lowest BCUT2D eigenvalue weighted by atomic mass is 9.97. The van der Waals surface area contributed by atoms with Gasteiger partial charge in [0.15, 0.2) is 0 Å². The Morgan fingerprint density at radius 3 is 2.03 bits per heavy atom. The Morgan fingerprint density at radius 2 is 1.37 bits per heavy atom. The van der Waals surface area contributed by atoms with Gasteiger partial charge in [-0.1, -0.05) is 90.0 Å². The number of hydrogen-bond acceptors (Lipinski definition) is 2. The Morgan fingerprint density at radius 1 is 0.743 bits per heavy atom. The molecule has 5 rings (SSSR count). The zero-order valence-corrected chi connectivity index (χ0v) is 20.6. The first kappa shape index (κ1) is 22.9. The van der Waals surface area contributed by atoms with Gasteiger partial charge in [0, 0.05) is 23.2 Å². The van der Waals surface area contributed by atoms with Crippen LogP contribution in [0.1, 0.15) is 16.7 Å². The SMILES string of the molecule is Cc1ccc(NC[C@@H](O)Cn2c(-c3ccccc3)c(-c3ccccc3)c3cc(C)cc(C)c32)cc1. The molecule has 0 spiro atoms. The normalized spacial score (nSPS) is 12.1. The van der Waals surface area contributed by atoms with Crippen molar-refractivity contribution >= 4 is 16.6 Å². The summed E-state index contributed by atoms with van der Waals surface area (Å²) in [6, 6.07) is 33.9. The molecule has 0 aliphatic carbocycles. The van der Waals surface area contributed by atoms with Crippen LogP contribution in [0.25, 0.3) is 33.3 Å². The van der Waals surface area contributed by atoms with Crippen molar-refractivity contribution in [3.05, 3.63) is 114 Å². The van der Waals surface area contributed by atoms with Crippen LogP contribution in [0, 0.1) is 20.8 Å². The molecule has 3 heteroatoms. The highest BCUT2D eigenvalue weighted by Crippen LogP contribution is 2.42. The summed E-state index contributed by atoms with van der Waals surface area (Å²) in [6.45, 7) is 7.38. The smallest absolute Gasteiger partial charge is 0.0891 e. The molecule has 0 saturated carbocycles. The molecule has 0 unspecified atom stereocenters. The van der Waals surface area contributed by atoms with Gasteiger partial charge in [0.25, 0.3) is 0 Å². The molecule has 0 saturated heterocycles. The quantitative estimate of drug-likeness (QED) is 0.266. The molecular formula is C32H32N2O. The van der Waals surface area contributed by atoms with E-state index in [4.69, 9.17) is 0 Å². The van der Waals surface area contributed by atoms with Crippen molar-refractivity contribution in [1.29, 1.82) is 0 Å². The monoisotopic (exact) mass is 460 g/mol. The molecule has 0 aliphatic rings. The van der Waals surface area contributed by atoms with E-state index in [0.29, 0.717) is 13.1 Å². The number of anilines is 1. The molecule has 3 nitrogen and oxygen atoms in total. The molecular weight excluding hydrogens is 428 g/mol. The third-order valence-corrected chi connectivity index (χ3v) is 6.59. The number of nitrogens with zero attached hydrogens (tertiary/aromatic N) is 1. The maximum Gasteiger partial charge on any atom is 0.0891 e. The number of aliphatic hydroxyl groups is 1. The second-order valence-corrected chi connectivity index (χ2v) is 9.44. The number of aromatic nitrogens is 1. The van der Waals surface area contributed by atoms with Gasteiger partial charge in [-0.25, -0.2) is 0 Å². The molecule has 4 aromatic carbocycles. The van der Waals surface area contributed by atoms with E-state index in [1.807, 2.05) is 0 Å². The number of fused-ring (bicyclic) bond motifs is 1. The van der Waals surface area contributed by atoms with E-state index in [1.165, 1.54) is 38.7 Å². The van der Waals surface area contributed by atoms with Gasteiger partial charge in [-0.05, 0) is 55.7 Å². The van der Waals surface area contributed by atoms with Crippen molar-refractivity contribution in [2.45, 2.75) is 33.4 Å². The number of benzene rings is 4. The Bertz CT molecular complexity index is 1430. The van der Waals surface area contributed by atoms with E-state index in [1.54, 1.807) is 0 Å². The fourth-order valence-corrected chi connectivity index (χ4v) is 5.04. The Balaban J connectivity index is 1.64. The summed E-state index contributed by atoms with van der Waals surface area (Å²) in [5.41, 5.74) is 10.6. The third-order valence-electron chi connectivity index (χ3n) is 6.59. The van der Waals surface area contributed by atoms with Crippen molar-refractivity contribution < 1.29 is 5.11 Å². The van der Waals surface area contributed by atoms with Crippen LogP contribution < -0.4 is 5.32 Å². The number of hydrogen-bond donors (Lipinski definition) is 2. The first-order valence-corrected chi connectivity index (χ1v) is 12.2. The predicted octanol–water partition coefficient (Wildman–Crippen LogP) is 7.37. The summed E-state index contributed by atoms with van der Waals surface area (Å²) in [7, 11) is 0. The highest BCUT2D eigenvalue weighted by Gasteiger charge is 2.23. The minimum Gasteiger partial charge on any atom is -0.389 e. The molecule has 35 heavy (non-hydrogen) atoms. The van der Waals surface area contributed by atoms with Gasteiger partial charge in [0.05, 0.1) is 23.9 Å². The molecule has 1 atom stereocenters. The minimum absolute atomic E-state index is 0.475. The van der Waals surface area contributed by atoms with E-state index in [9.17, 15) is 5.11 Å². The van der Waals surface area contributed by atoms with Crippen LogP contribution in [0.15, 0.2) is 97.1 Å². The molecule has 0 bridgehead atoms. The molecule has 1 heterocycles. The van der Waals surface area contributed by atoms with Gasteiger partial charge >= 0.3 is 0 Å². The van der Waals surface area contributed by atoms with E-state index in [2.05, 4.69) is 128 Å². The minimum atomic E-state index is -0.557. The molecule has 2 N–H and O–H groups in total. The Labute approximate surface area is 207 Å². The van der Waals surface area contributed by atoms with Crippen molar-refractivity contribution in [3.63, 3.8) is 0 Å². The summed E-state index contributed by atoms with van der Waals surface area (Å²) >= 11 is 0. The summed E-state index contributed by atoms with van der Waals surface area (Å²) < 4.78 is 2.32. The van der Waals surface area contributed by atoms with Gasteiger partial charge in [-0.15, -0.1) is 0 Å². The first-order chi connectivity index (χ1) is 17.0. The second kappa shape index (κ2) is 9.81. The van der Waals surface area contributed by atoms with E-state index in [0.717, 1.165) is 16.9 Å². The van der Waals surface area contributed by atoms with Crippen molar-refractivity contribution in [3.8, 4) is 22.4 Å². The number of aryl methyl sites for hydroxylation is 3. The highest BCUT2D eigenvalue weighted by molar-refractivity contribution is 6.06. The fraction of sp³-hybridized carbons (Fsp3) is 0.188. The summed E-state index contributed by atoms with van der Waals surface area (Å²) in [4.78, 5) is 0. The second-order valence-electron chi connectivity index (χ2n) is 9.44. The zero-order valence-electron chi connectivity index (χ0n) is 20.6. The first-order valence-electron chi connectivity index (χ1n) is 12.2.